The predicted octanol–water partition coefficient (Wildman–Crippen LogP) is -0.770. The molecule has 0 spiro atoms. The molecule has 0 saturated carbocycles. The van der Waals surface area contributed by atoms with Crippen LogP contribution >= 0.6 is 0 Å². The van der Waals surface area contributed by atoms with Crippen molar-refractivity contribution >= 4 is 5.65 Å². The van der Waals surface area contributed by atoms with Gasteiger partial charge in [0, 0.05) is 18.9 Å². The number of aliphatic hydroxyl groups is 1. The molecule has 2 aromatic rings. The predicted molar refractivity (Wildman–Crippen MR) is 61.6 cm³/mol. The Balaban J connectivity index is 2.25. The van der Waals surface area contributed by atoms with Crippen LogP contribution in [0.3, 0.4) is 0 Å². The van der Waals surface area contributed by atoms with Crippen LogP contribution in [0.2, 0.25) is 0 Å². The number of fused-ring (bicyclic) bond motifs is 1. The van der Waals surface area contributed by atoms with Crippen LogP contribution in [0.4, 0.5) is 0 Å². The van der Waals surface area contributed by atoms with E-state index in [4.69, 9.17) is 0 Å². The number of nitrogens with one attached hydrogen (secondary N) is 1. The highest BCUT2D eigenvalue weighted by atomic mass is 16.3. The lowest BCUT2D eigenvalue weighted by Gasteiger charge is -2.16. The fourth-order valence-corrected chi connectivity index (χ4v) is 1.75. The van der Waals surface area contributed by atoms with Crippen LogP contribution in [0.5, 0.6) is 0 Å². The zero-order valence-corrected chi connectivity index (χ0v) is 9.79. The third kappa shape index (κ3) is 2.51. The number of aliphatic hydroxyl groups excluding tert-OH is 1. The molecule has 0 saturated heterocycles. The van der Waals surface area contributed by atoms with Gasteiger partial charge in [0.25, 0.3) is 5.56 Å². The van der Waals surface area contributed by atoms with Crippen molar-refractivity contribution in [1.29, 1.82) is 0 Å². The molecule has 0 aromatic carbocycles. The smallest absolute Gasteiger partial charge is 0.293 e. The van der Waals surface area contributed by atoms with Crippen molar-refractivity contribution in [3.8, 4) is 0 Å². The van der Waals surface area contributed by atoms with Crippen LogP contribution in [-0.4, -0.2) is 49.3 Å². The largest absolute Gasteiger partial charge is 0.392 e. The van der Waals surface area contributed by atoms with E-state index in [1.165, 1.54) is 0 Å². The molecule has 0 aliphatic heterocycles. The third-order valence-electron chi connectivity index (χ3n) is 2.39. The molecule has 0 amide bonds. The second-order valence-electron chi connectivity index (χ2n) is 4.14. The minimum absolute atomic E-state index is 0.260. The summed E-state index contributed by atoms with van der Waals surface area (Å²) in [6.45, 7) is 2.79. The Bertz CT molecular complexity index is 559. The summed E-state index contributed by atoms with van der Waals surface area (Å²) in [5.41, 5.74) is 0.0253. The van der Waals surface area contributed by atoms with E-state index in [1.807, 2.05) is 11.9 Å². The zero-order valence-electron chi connectivity index (χ0n) is 9.79. The van der Waals surface area contributed by atoms with E-state index in [1.54, 1.807) is 23.7 Å². The van der Waals surface area contributed by atoms with Gasteiger partial charge >= 0.3 is 0 Å². The second kappa shape index (κ2) is 4.64. The number of H-pyrrole nitrogens is 1. The van der Waals surface area contributed by atoms with Crippen molar-refractivity contribution < 1.29 is 5.11 Å². The van der Waals surface area contributed by atoms with Gasteiger partial charge in [-0.25, -0.2) is 0 Å². The van der Waals surface area contributed by atoms with Gasteiger partial charge in [0.2, 0.25) is 5.65 Å². The standard InChI is InChI=1S/C10H15N5O2/c1-7(16)5-14(2)6-8-12-13-9-10(17)11-3-4-15(8)9/h3-4,7,16H,5-6H2,1-2H3,(H,11,17)/t7-/m0/s1. The van der Waals surface area contributed by atoms with Gasteiger partial charge in [-0.2, -0.15) is 0 Å². The average Bonchev–Trinajstić information content (AvgIpc) is 2.62. The van der Waals surface area contributed by atoms with Gasteiger partial charge in [-0.1, -0.05) is 0 Å². The summed E-state index contributed by atoms with van der Waals surface area (Å²) in [4.78, 5) is 15.9. The summed E-state index contributed by atoms with van der Waals surface area (Å²) in [6, 6.07) is 0. The Labute approximate surface area is 97.7 Å². The second-order valence-corrected chi connectivity index (χ2v) is 4.14. The van der Waals surface area contributed by atoms with Gasteiger partial charge in [-0.05, 0) is 14.0 Å². The van der Waals surface area contributed by atoms with Crippen LogP contribution in [-0.2, 0) is 6.54 Å². The molecule has 0 aliphatic rings. The molecule has 17 heavy (non-hydrogen) atoms. The highest BCUT2D eigenvalue weighted by Gasteiger charge is 2.11. The minimum atomic E-state index is -0.400. The first kappa shape index (κ1) is 11.7. The van der Waals surface area contributed by atoms with Gasteiger partial charge in [-0.3, -0.25) is 14.1 Å². The molecule has 0 bridgehead atoms. The van der Waals surface area contributed by atoms with Crippen LogP contribution < -0.4 is 5.56 Å². The monoisotopic (exact) mass is 237 g/mol. The Morgan fingerprint density at radius 2 is 2.35 bits per heavy atom. The number of hydrogen-bond donors (Lipinski definition) is 2. The van der Waals surface area contributed by atoms with Crippen molar-refractivity contribution in [2.75, 3.05) is 13.6 Å². The van der Waals surface area contributed by atoms with Crippen molar-refractivity contribution in [1.82, 2.24) is 24.5 Å². The van der Waals surface area contributed by atoms with Gasteiger partial charge in [0.15, 0.2) is 5.82 Å². The van der Waals surface area contributed by atoms with Crippen LogP contribution in [0.25, 0.3) is 5.65 Å². The summed E-state index contributed by atoms with van der Waals surface area (Å²) in [5, 5.41) is 17.1. The quantitative estimate of drug-likeness (QED) is 0.729. The summed E-state index contributed by atoms with van der Waals surface area (Å²) >= 11 is 0. The first-order valence-corrected chi connectivity index (χ1v) is 5.36. The highest BCUT2D eigenvalue weighted by molar-refractivity contribution is 5.33. The summed E-state index contributed by atoms with van der Waals surface area (Å²) in [7, 11) is 1.88. The van der Waals surface area contributed by atoms with Gasteiger partial charge < -0.3 is 10.1 Å². The maximum atomic E-state index is 11.4. The summed E-state index contributed by atoms with van der Waals surface area (Å²) in [5.74, 6) is 0.675. The van der Waals surface area contributed by atoms with E-state index >= 15 is 0 Å². The fraction of sp³-hybridized carbons (Fsp3) is 0.500. The summed E-state index contributed by atoms with van der Waals surface area (Å²) in [6.07, 6.45) is 2.86. The topological polar surface area (TPSA) is 86.5 Å². The maximum absolute atomic E-state index is 11.4. The van der Waals surface area contributed by atoms with Crippen molar-refractivity contribution in [2.24, 2.45) is 0 Å². The minimum Gasteiger partial charge on any atom is -0.392 e. The molecule has 2 heterocycles. The molecule has 0 fully saturated rings. The van der Waals surface area contributed by atoms with Crippen molar-refractivity contribution in [2.45, 2.75) is 19.6 Å². The van der Waals surface area contributed by atoms with E-state index in [0.717, 1.165) is 0 Å². The molecule has 2 N–H and O–H groups in total. The molecular formula is C10H15N5O2. The Kier molecular flexibility index (Phi) is 3.21. The molecular weight excluding hydrogens is 222 g/mol. The van der Waals surface area contributed by atoms with E-state index in [0.29, 0.717) is 18.9 Å². The number of rotatable bonds is 4. The molecule has 2 aromatic heterocycles. The number of nitrogens with zero attached hydrogens (tertiary/aromatic N) is 4. The lowest BCUT2D eigenvalue weighted by atomic mass is 10.3. The molecule has 0 radical (unpaired) electrons. The zero-order chi connectivity index (χ0) is 12.4. The first-order chi connectivity index (χ1) is 8.08. The van der Waals surface area contributed by atoms with E-state index in [-0.39, 0.29) is 11.2 Å². The lowest BCUT2D eigenvalue weighted by Crippen LogP contribution is -2.27. The number of likely N-dealkylation sites (N-methyl/N-ethyl adjacent to an activating group) is 1. The highest BCUT2D eigenvalue weighted by Crippen LogP contribution is 2.01. The molecule has 7 heteroatoms. The maximum Gasteiger partial charge on any atom is 0.293 e. The number of aromatic nitrogens is 4. The normalized spacial score (nSPS) is 13.4. The van der Waals surface area contributed by atoms with Crippen molar-refractivity contribution in [3.63, 3.8) is 0 Å². The van der Waals surface area contributed by atoms with E-state index in [9.17, 15) is 9.90 Å². The van der Waals surface area contributed by atoms with Gasteiger partial charge in [0.1, 0.15) is 0 Å². The third-order valence-corrected chi connectivity index (χ3v) is 2.39. The number of aromatic amines is 1. The van der Waals surface area contributed by atoms with Gasteiger partial charge in [-0.15, -0.1) is 10.2 Å². The molecule has 7 nitrogen and oxygen atoms in total. The van der Waals surface area contributed by atoms with Crippen LogP contribution in [0.15, 0.2) is 17.2 Å². The Morgan fingerprint density at radius 3 is 3.06 bits per heavy atom. The lowest BCUT2D eigenvalue weighted by molar-refractivity contribution is 0.137. The summed E-state index contributed by atoms with van der Waals surface area (Å²) < 4.78 is 1.65. The molecule has 2 rings (SSSR count). The van der Waals surface area contributed by atoms with Gasteiger partial charge in [0.05, 0.1) is 12.6 Å². The Hall–Kier alpha value is -1.73. The van der Waals surface area contributed by atoms with E-state index < -0.39 is 6.10 Å². The van der Waals surface area contributed by atoms with E-state index in [2.05, 4.69) is 15.2 Å². The van der Waals surface area contributed by atoms with Crippen molar-refractivity contribution in [3.05, 3.63) is 28.6 Å². The SMILES string of the molecule is C[C@H](O)CN(C)Cc1nnc2c(=O)[nH]ccn12. The molecule has 0 aliphatic carbocycles. The molecule has 1 atom stereocenters. The molecule has 92 valence electrons. The Morgan fingerprint density at radius 1 is 1.59 bits per heavy atom. The van der Waals surface area contributed by atoms with Crippen LogP contribution in [0.1, 0.15) is 12.7 Å². The molecule has 0 unspecified atom stereocenters. The van der Waals surface area contributed by atoms with Crippen LogP contribution in [0, 0.1) is 0 Å². The fourth-order valence-electron chi connectivity index (χ4n) is 1.75. The number of hydrogen-bond acceptors (Lipinski definition) is 5. The first-order valence-electron chi connectivity index (χ1n) is 5.36. The average molecular weight is 237 g/mol.